The molecule has 6 nitrogen and oxygen atoms in total. The second-order valence-corrected chi connectivity index (χ2v) is 8.03. The van der Waals surface area contributed by atoms with Crippen LogP contribution >= 0.6 is 11.8 Å². The number of amides is 2. The molecule has 0 spiro atoms. The lowest BCUT2D eigenvalue weighted by Gasteiger charge is -2.37. The van der Waals surface area contributed by atoms with E-state index in [0.29, 0.717) is 31.9 Å². The molecule has 26 heavy (non-hydrogen) atoms. The Morgan fingerprint density at radius 2 is 2.12 bits per heavy atom. The predicted octanol–water partition coefficient (Wildman–Crippen LogP) is 1.65. The topological polar surface area (TPSA) is 70.7 Å². The summed E-state index contributed by atoms with van der Waals surface area (Å²) in [7, 11) is 1.71. The number of carbonyl (C=O) groups is 2. The minimum Gasteiger partial charge on any atom is -0.384 e. The lowest BCUT2D eigenvalue weighted by molar-refractivity contribution is -0.121. The molecule has 2 heterocycles. The first-order valence-electron chi connectivity index (χ1n) is 9.12. The van der Waals surface area contributed by atoms with E-state index in [1.165, 1.54) is 0 Å². The van der Waals surface area contributed by atoms with Crippen molar-refractivity contribution < 1.29 is 14.3 Å². The van der Waals surface area contributed by atoms with E-state index >= 15 is 0 Å². The predicted molar refractivity (Wildman–Crippen MR) is 104 cm³/mol. The Labute approximate surface area is 159 Å². The number of methoxy groups -OCH3 is 1. The average molecular weight is 378 g/mol. The zero-order chi connectivity index (χ0) is 18.4. The number of piperidine rings is 1. The summed E-state index contributed by atoms with van der Waals surface area (Å²) in [4.78, 5) is 27.5. The van der Waals surface area contributed by atoms with Crippen LogP contribution in [-0.2, 0) is 14.3 Å². The number of hydrogen-bond donors (Lipinski definition) is 2. The van der Waals surface area contributed by atoms with Crippen LogP contribution in [0.5, 0.6) is 0 Å². The monoisotopic (exact) mass is 377 g/mol. The molecule has 1 aromatic carbocycles. The van der Waals surface area contributed by atoms with E-state index < -0.39 is 0 Å². The Kier molecular flexibility index (Phi) is 6.56. The lowest BCUT2D eigenvalue weighted by atomic mass is 9.79. The summed E-state index contributed by atoms with van der Waals surface area (Å²) >= 11 is 1.56. The Bertz CT molecular complexity index is 641. The molecule has 3 rings (SSSR count). The number of ether oxygens (including phenoxy) is 1. The van der Waals surface area contributed by atoms with E-state index in [2.05, 4.69) is 10.6 Å². The minimum absolute atomic E-state index is 0.0116. The molecule has 0 saturated carbocycles. The molecular formula is C19H27N3O3S. The SMILES string of the molecule is COCC1(CNC(=O)CCN2C(=O)CSc3ccccc32)CCNCC1. The first kappa shape index (κ1) is 19.2. The van der Waals surface area contributed by atoms with E-state index in [4.69, 9.17) is 4.74 Å². The van der Waals surface area contributed by atoms with Crippen LogP contribution in [0.1, 0.15) is 19.3 Å². The summed E-state index contributed by atoms with van der Waals surface area (Å²) in [5, 5.41) is 6.42. The molecule has 1 fully saturated rings. The maximum absolute atomic E-state index is 12.4. The summed E-state index contributed by atoms with van der Waals surface area (Å²) < 4.78 is 5.39. The van der Waals surface area contributed by atoms with Crippen molar-refractivity contribution in [2.45, 2.75) is 24.2 Å². The van der Waals surface area contributed by atoms with Gasteiger partial charge >= 0.3 is 0 Å². The lowest BCUT2D eigenvalue weighted by Crippen LogP contribution is -2.47. The first-order chi connectivity index (χ1) is 12.6. The number of para-hydroxylation sites is 1. The van der Waals surface area contributed by atoms with Gasteiger partial charge in [0, 0.05) is 36.9 Å². The molecule has 0 radical (unpaired) electrons. The van der Waals surface area contributed by atoms with Crippen molar-refractivity contribution in [3.05, 3.63) is 24.3 Å². The molecule has 0 unspecified atom stereocenters. The molecule has 2 amide bonds. The second kappa shape index (κ2) is 8.88. The number of fused-ring (bicyclic) bond motifs is 1. The van der Waals surface area contributed by atoms with Crippen LogP contribution in [-0.4, -0.2) is 57.5 Å². The van der Waals surface area contributed by atoms with Crippen molar-refractivity contribution in [1.82, 2.24) is 10.6 Å². The molecule has 2 aliphatic heterocycles. The number of benzene rings is 1. The number of anilines is 1. The molecule has 142 valence electrons. The highest BCUT2D eigenvalue weighted by Crippen LogP contribution is 2.35. The third kappa shape index (κ3) is 4.58. The van der Waals surface area contributed by atoms with Gasteiger partial charge in [0.05, 0.1) is 18.0 Å². The standard InChI is InChI=1S/C19H27N3O3S/c1-25-14-19(7-9-20-10-8-19)13-21-17(23)6-11-22-15-4-2-3-5-16(15)26-12-18(22)24/h2-5,20H,6-14H2,1H3,(H,21,23). The summed E-state index contributed by atoms with van der Waals surface area (Å²) in [5.41, 5.74) is 0.926. The van der Waals surface area contributed by atoms with Gasteiger partial charge < -0.3 is 20.3 Å². The molecule has 0 aliphatic carbocycles. The maximum Gasteiger partial charge on any atom is 0.237 e. The van der Waals surface area contributed by atoms with E-state index in [0.717, 1.165) is 36.5 Å². The van der Waals surface area contributed by atoms with Crippen molar-refractivity contribution in [1.29, 1.82) is 0 Å². The molecule has 0 aromatic heterocycles. The number of hydrogen-bond acceptors (Lipinski definition) is 5. The Morgan fingerprint density at radius 3 is 2.88 bits per heavy atom. The maximum atomic E-state index is 12.4. The highest BCUT2D eigenvalue weighted by atomic mass is 32.2. The summed E-state index contributed by atoms with van der Waals surface area (Å²) in [5.74, 6) is 0.487. The number of rotatable bonds is 7. The van der Waals surface area contributed by atoms with Crippen LogP contribution in [0.15, 0.2) is 29.2 Å². The van der Waals surface area contributed by atoms with Crippen LogP contribution in [0.4, 0.5) is 5.69 Å². The minimum atomic E-state index is -0.0116. The molecule has 0 atom stereocenters. The van der Waals surface area contributed by atoms with E-state index in [-0.39, 0.29) is 17.2 Å². The van der Waals surface area contributed by atoms with Crippen molar-refractivity contribution in [2.75, 3.05) is 50.5 Å². The third-order valence-corrected chi connectivity index (χ3v) is 6.19. The number of nitrogens with zero attached hydrogens (tertiary/aromatic N) is 1. The largest absolute Gasteiger partial charge is 0.384 e. The smallest absolute Gasteiger partial charge is 0.237 e. The van der Waals surface area contributed by atoms with Crippen molar-refractivity contribution in [3.8, 4) is 0 Å². The van der Waals surface area contributed by atoms with Crippen LogP contribution in [0.3, 0.4) is 0 Å². The van der Waals surface area contributed by atoms with Crippen LogP contribution in [0, 0.1) is 5.41 Å². The molecule has 0 bridgehead atoms. The van der Waals surface area contributed by atoms with E-state index in [9.17, 15) is 9.59 Å². The van der Waals surface area contributed by atoms with Gasteiger partial charge in [0.25, 0.3) is 0 Å². The van der Waals surface area contributed by atoms with Gasteiger partial charge in [0.15, 0.2) is 0 Å². The molecule has 7 heteroatoms. The zero-order valence-corrected chi connectivity index (χ0v) is 16.1. The highest BCUT2D eigenvalue weighted by Gasteiger charge is 2.32. The van der Waals surface area contributed by atoms with Gasteiger partial charge in [-0.05, 0) is 38.1 Å². The van der Waals surface area contributed by atoms with Crippen molar-refractivity contribution in [3.63, 3.8) is 0 Å². The van der Waals surface area contributed by atoms with Crippen molar-refractivity contribution >= 4 is 29.3 Å². The Balaban J connectivity index is 1.53. The Hall–Kier alpha value is -1.57. The zero-order valence-electron chi connectivity index (χ0n) is 15.3. The van der Waals surface area contributed by atoms with Crippen LogP contribution < -0.4 is 15.5 Å². The fraction of sp³-hybridized carbons (Fsp3) is 0.579. The van der Waals surface area contributed by atoms with Gasteiger partial charge in [-0.3, -0.25) is 9.59 Å². The van der Waals surface area contributed by atoms with Gasteiger partial charge in [-0.2, -0.15) is 0 Å². The Morgan fingerprint density at radius 1 is 1.35 bits per heavy atom. The molecule has 1 saturated heterocycles. The summed E-state index contributed by atoms with van der Waals surface area (Å²) in [6.07, 6.45) is 2.30. The van der Waals surface area contributed by atoms with Gasteiger partial charge in [-0.25, -0.2) is 0 Å². The molecule has 2 aliphatic rings. The van der Waals surface area contributed by atoms with E-state index in [1.807, 2.05) is 24.3 Å². The number of thioether (sulfide) groups is 1. The van der Waals surface area contributed by atoms with Gasteiger partial charge in [-0.15, -0.1) is 11.8 Å². The third-order valence-electron chi connectivity index (χ3n) is 5.15. The fourth-order valence-electron chi connectivity index (χ4n) is 3.62. The number of carbonyl (C=O) groups excluding carboxylic acids is 2. The normalized spacial score (nSPS) is 19.1. The molecular weight excluding hydrogens is 350 g/mol. The van der Waals surface area contributed by atoms with Crippen LogP contribution in [0.25, 0.3) is 0 Å². The fourth-order valence-corrected chi connectivity index (χ4v) is 4.56. The van der Waals surface area contributed by atoms with Crippen molar-refractivity contribution in [2.24, 2.45) is 5.41 Å². The second-order valence-electron chi connectivity index (χ2n) is 7.01. The first-order valence-corrected chi connectivity index (χ1v) is 10.1. The number of nitrogens with one attached hydrogen (secondary N) is 2. The summed E-state index contributed by atoms with van der Waals surface area (Å²) in [6, 6.07) is 7.86. The van der Waals surface area contributed by atoms with Crippen LogP contribution in [0.2, 0.25) is 0 Å². The van der Waals surface area contributed by atoms with E-state index in [1.54, 1.807) is 23.8 Å². The molecule has 1 aromatic rings. The highest BCUT2D eigenvalue weighted by molar-refractivity contribution is 8.00. The summed E-state index contributed by atoms with van der Waals surface area (Å²) in [6.45, 7) is 3.61. The average Bonchev–Trinajstić information content (AvgIpc) is 2.67. The molecule has 2 N–H and O–H groups in total. The van der Waals surface area contributed by atoms with Gasteiger partial charge in [0.1, 0.15) is 0 Å². The quantitative estimate of drug-likeness (QED) is 0.756. The van der Waals surface area contributed by atoms with Gasteiger partial charge in [-0.1, -0.05) is 12.1 Å². The van der Waals surface area contributed by atoms with Gasteiger partial charge in [0.2, 0.25) is 11.8 Å².